The van der Waals surface area contributed by atoms with Crippen LogP contribution in [0.1, 0.15) is 72.8 Å². The van der Waals surface area contributed by atoms with E-state index in [1.165, 1.54) is 4.90 Å². The van der Waals surface area contributed by atoms with Gasteiger partial charge in [-0.25, -0.2) is 15.0 Å². The minimum atomic E-state index is -0.785. The number of likely N-dealkylation sites (tertiary alicyclic amines) is 1. The number of thiazole rings is 1. The Kier molecular flexibility index (Phi) is 19.6. The molecule has 5 heterocycles. The largest absolute Gasteiger partial charge is 0.391 e. The summed E-state index contributed by atoms with van der Waals surface area (Å²) in [4.78, 5) is 78.1. The summed E-state index contributed by atoms with van der Waals surface area (Å²) in [6, 6.07) is 25.6. The average Bonchev–Trinajstić information content (AvgIpc) is 4.07. The molecule has 0 radical (unpaired) electrons. The predicted molar refractivity (Wildman–Crippen MR) is 298 cm³/mol. The van der Waals surface area contributed by atoms with Crippen LogP contribution in [0.3, 0.4) is 0 Å². The van der Waals surface area contributed by atoms with Gasteiger partial charge < -0.3 is 45.6 Å². The highest BCUT2D eigenvalue weighted by Crippen LogP contribution is 2.29. The number of nitrogens with one attached hydrogen (secondary N) is 4. The van der Waals surface area contributed by atoms with Crippen LogP contribution in [0.15, 0.2) is 109 Å². The zero-order chi connectivity index (χ0) is 54.3. The number of hydrogen-bond acceptors (Lipinski definition) is 15. The number of nitrogens with zero attached hydrogens (tertiary/aromatic N) is 7. The molecule has 3 atom stereocenters. The maximum absolute atomic E-state index is 14.0. The quantitative estimate of drug-likeness (QED) is 0.0408. The molecule has 406 valence electrons. The molecule has 0 spiro atoms. The van der Waals surface area contributed by atoms with Gasteiger partial charge in [-0.3, -0.25) is 29.1 Å². The Morgan fingerprint density at radius 1 is 0.844 bits per heavy atom. The summed E-state index contributed by atoms with van der Waals surface area (Å²) in [6.07, 6.45) is 5.51. The number of benzene rings is 3. The fourth-order valence-electron chi connectivity index (χ4n) is 9.38. The first-order chi connectivity index (χ1) is 37.2. The maximum atomic E-state index is 14.0. The minimum Gasteiger partial charge on any atom is -0.391 e. The molecule has 19 heteroatoms. The number of carbonyl (C=O) groups is 4. The van der Waals surface area contributed by atoms with E-state index < -0.39 is 23.6 Å². The van der Waals surface area contributed by atoms with E-state index >= 15 is 0 Å². The summed E-state index contributed by atoms with van der Waals surface area (Å²) in [5.74, 6) is -0.213. The summed E-state index contributed by atoms with van der Waals surface area (Å²) in [5, 5.41) is 23.3. The van der Waals surface area contributed by atoms with Crippen molar-refractivity contribution in [2.45, 2.75) is 85.2 Å². The van der Waals surface area contributed by atoms with Crippen molar-refractivity contribution in [1.29, 1.82) is 0 Å². The number of β-amino-alcohol motifs (C(OH)–C–C–N with tert-alkyl or cyclic N) is 1. The number of aliphatic hydroxyl groups is 1. The van der Waals surface area contributed by atoms with Gasteiger partial charge in [0.05, 0.1) is 60.2 Å². The second kappa shape index (κ2) is 26.9. The topological polar surface area (TPSA) is 216 Å². The molecule has 0 saturated carbocycles. The summed E-state index contributed by atoms with van der Waals surface area (Å²) in [5.41, 5.74) is 10.0. The van der Waals surface area contributed by atoms with E-state index in [1.807, 2.05) is 130 Å². The van der Waals surface area contributed by atoms with Crippen LogP contribution in [-0.2, 0) is 36.9 Å². The summed E-state index contributed by atoms with van der Waals surface area (Å²) < 4.78 is 11.5. The molecule has 0 bridgehead atoms. The number of aromatic nitrogens is 4. The Hall–Kier alpha value is -7.00. The summed E-state index contributed by atoms with van der Waals surface area (Å²) in [6.45, 7) is 15.8. The van der Waals surface area contributed by atoms with E-state index in [-0.39, 0.29) is 36.6 Å². The van der Waals surface area contributed by atoms with E-state index in [0.29, 0.717) is 89.2 Å². The first-order valence-electron chi connectivity index (χ1n) is 26.3. The number of carbonyl (C=O) groups excluding carboxylic acids is 4. The van der Waals surface area contributed by atoms with Crippen LogP contribution >= 0.6 is 11.3 Å². The molecule has 2 saturated heterocycles. The van der Waals surface area contributed by atoms with Crippen LogP contribution in [0.4, 0.5) is 17.3 Å². The fraction of sp³-hybridized carbons (Fsp3) is 0.414. The number of aliphatic hydroxyl groups excluding tert-OH is 1. The Bertz CT molecular complexity index is 2910. The molecule has 2 aliphatic heterocycles. The number of hydrogen-bond donors (Lipinski definition) is 5. The van der Waals surface area contributed by atoms with Gasteiger partial charge in [0, 0.05) is 99.9 Å². The molecule has 2 aliphatic rings. The smallest absolute Gasteiger partial charge is 0.255 e. The minimum absolute atomic E-state index is 0.0642. The van der Waals surface area contributed by atoms with Crippen LogP contribution in [0.2, 0.25) is 0 Å². The number of pyridine rings is 1. The van der Waals surface area contributed by atoms with Gasteiger partial charge in [0.15, 0.2) is 0 Å². The molecular formula is C58H71N11O7S. The van der Waals surface area contributed by atoms with Crippen molar-refractivity contribution in [3.05, 3.63) is 137 Å². The Morgan fingerprint density at radius 2 is 1.60 bits per heavy atom. The van der Waals surface area contributed by atoms with E-state index in [1.54, 1.807) is 29.9 Å². The average molecular weight is 1070 g/mol. The van der Waals surface area contributed by atoms with Gasteiger partial charge in [-0.2, -0.15) is 0 Å². The Morgan fingerprint density at radius 3 is 2.31 bits per heavy atom. The summed E-state index contributed by atoms with van der Waals surface area (Å²) in [7, 11) is 0. The van der Waals surface area contributed by atoms with Crippen LogP contribution in [-0.4, -0.2) is 147 Å². The number of aryl methyl sites for hydroxylation is 2. The number of amides is 4. The zero-order valence-electron chi connectivity index (χ0n) is 44.7. The van der Waals surface area contributed by atoms with Crippen molar-refractivity contribution in [1.82, 2.24) is 45.3 Å². The molecule has 18 nitrogen and oxygen atoms in total. The van der Waals surface area contributed by atoms with Gasteiger partial charge in [0.2, 0.25) is 23.7 Å². The fourth-order valence-corrected chi connectivity index (χ4v) is 10.2. The maximum Gasteiger partial charge on any atom is 0.255 e. The van der Waals surface area contributed by atoms with Gasteiger partial charge in [0.1, 0.15) is 6.04 Å². The van der Waals surface area contributed by atoms with Crippen molar-refractivity contribution in [3.8, 4) is 21.7 Å². The van der Waals surface area contributed by atoms with Crippen molar-refractivity contribution >= 4 is 52.3 Å². The van der Waals surface area contributed by atoms with Crippen molar-refractivity contribution in [3.63, 3.8) is 0 Å². The lowest BCUT2D eigenvalue weighted by atomic mass is 9.85. The van der Waals surface area contributed by atoms with Crippen molar-refractivity contribution < 1.29 is 33.8 Å². The van der Waals surface area contributed by atoms with E-state index in [4.69, 9.17) is 9.47 Å². The molecule has 6 aromatic rings. The van der Waals surface area contributed by atoms with Crippen LogP contribution in [0, 0.1) is 19.3 Å². The van der Waals surface area contributed by atoms with Crippen LogP contribution in [0.5, 0.6) is 0 Å². The van der Waals surface area contributed by atoms with Crippen molar-refractivity contribution in [2.75, 3.05) is 76.3 Å². The van der Waals surface area contributed by atoms with Gasteiger partial charge in [-0.05, 0) is 96.9 Å². The van der Waals surface area contributed by atoms with E-state index in [9.17, 15) is 24.3 Å². The number of piperazine rings is 1. The first kappa shape index (κ1) is 56.2. The number of rotatable bonds is 23. The third-order valence-electron chi connectivity index (χ3n) is 13.8. The normalized spacial score (nSPS) is 16.3. The first-order valence-corrected chi connectivity index (χ1v) is 27.2. The predicted octanol–water partition coefficient (Wildman–Crippen LogP) is 7.01. The van der Waals surface area contributed by atoms with Gasteiger partial charge in [0.25, 0.3) is 5.91 Å². The summed E-state index contributed by atoms with van der Waals surface area (Å²) >= 11 is 1.59. The molecule has 77 heavy (non-hydrogen) atoms. The van der Waals surface area contributed by atoms with Gasteiger partial charge in [-0.1, -0.05) is 63.2 Å². The molecule has 3 aromatic carbocycles. The molecule has 2 fully saturated rings. The van der Waals surface area contributed by atoms with Crippen LogP contribution < -0.4 is 21.3 Å². The Labute approximate surface area is 455 Å². The Balaban J connectivity index is 0.676. The van der Waals surface area contributed by atoms with Gasteiger partial charge in [-0.15, -0.1) is 11.3 Å². The third kappa shape index (κ3) is 15.8. The molecule has 8 rings (SSSR count). The van der Waals surface area contributed by atoms with E-state index in [2.05, 4.69) is 46.1 Å². The molecule has 3 aromatic heterocycles. The second-order valence-electron chi connectivity index (χ2n) is 20.6. The molecule has 0 aliphatic carbocycles. The zero-order valence-corrected chi connectivity index (χ0v) is 45.5. The molecule has 2 unspecified atom stereocenters. The second-order valence-corrected chi connectivity index (χ2v) is 21.5. The lowest BCUT2D eigenvalue weighted by Crippen LogP contribution is -2.56. The highest BCUT2D eigenvalue weighted by molar-refractivity contribution is 7.13. The lowest BCUT2D eigenvalue weighted by Gasteiger charge is -2.35. The molecule has 4 amide bonds. The highest BCUT2D eigenvalue weighted by Gasteiger charge is 2.43. The van der Waals surface area contributed by atoms with Crippen LogP contribution in [0.25, 0.3) is 21.7 Å². The number of anilines is 3. The standard InChI is InChI=1S/C58H71N11O7S/c1-39-9-18-46(32-49(39)66-57-61-23-19-48(65-57)45-8-6-21-59-35-45)64-54(72)44-16-12-42(13-17-44)36-67-24-26-68(27-25-67)51(71)20-29-76-31-30-75-28-7-22-60-53(58(3,4)5)56(74)69-37-47(70)33-50(69)55(73)62-34-41-10-14-43(15-11-41)52-40(2)63-38-77-52/h6,8-19,21,23,32,35,38,47,50,53,60,70H,7,20,22,24-31,33-34,36-37H2,1-5H3,(H,62,73)(H,64,72)(H,61,65,66)/t47?,50?,53-/m1/s1. The van der Waals surface area contributed by atoms with Gasteiger partial charge >= 0.3 is 0 Å². The highest BCUT2D eigenvalue weighted by atomic mass is 32.1. The monoisotopic (exact) mass is 1070 g/mol. The third-order valence-corrected chi connectivity index (χ3v) is 14.7. The lowest BCUT2D eigenvalue weighted by molar-refractivity contribution is -0.142. The molecule has 5 N–H and O–H groups in total. The van der Waals surface area contributed by atoms with Crippen molar-refractivity contribution in [2.24, 2.45) is 5.41 Å². The number of ether oxygens (including phenoxy) is 2. The SMILES string of the molecule is Cc1ccc(NC(=O)c2ccc(CN3CCN(C(=O)CCOCCOCCCN[C@H](C(=O)N4CC(O)CC4C(=O)NCc4ccc(-c5scnc5C)cc4)C(C)(C)C)CC3)cc2)cc1Nc1nccc(-c2cccnc2)n1. The molecular weight excluding hydrogens is 995 g/mol. The van der Waals surface area contributed by atoms with E-state index in [0.717, 1.165) is 62.9 Å².